The molecule has 3 nitrogen and oxygen atoms in total. The molecule has 1 unspecified atom stereocenters. The van der Waals surface area contributed by atoms with Crippen molar-refractivity contribution in [3.05, 3.63) is 0 Å². The predicted molar refractivity (Wildman–Crippen MR) is 40.0 cm³/mol. The molecular formula is C7H18NO2+. The molecule has 0 amide bonds. The summed E-state index contributed by atoms with van der Waals surface area (Å²) in [5.41, 5.74) is 0. The molecule has 0 saturated carbocycles. The summed E-state index contributed by atoms with van der Waals surface area (Å²) in [5, 5.41) is 17.5. The van der Waals surface area contributed by atoms with Crippen molar-refractivity contribution in [1.29, 1.82) is 0 Å². The van der Waals surface area contributed by atoms with Gasteiger partial charge >= 0.3 is 0 Å². The average molecular weight is 148 g/mol. The lowest BCUT2D eigenvalue weighted by Crippen LogP contribution is -3.12. The van der Waals surface area contributed by atoms with Gasteiger partial charge in [0.1, 0.15) is 12.6 Å². The smallest absolute Gasteiger partial charge is 0.126 e. The Hall–Kier alpha value is -0.120. The van der Waals surface area contributed by atoms with Gasteiger partial charge in [0.15, 0.2) is 0 Å². The van der Waals surface area contributed by atoms with Crippen molar-refractivity contribution in [2.75, 3.05) is 26.2 Å². The Morgan fingerprint density at radius 1 is 1.30 bits per heavy atom. The minimum absolute atomic E-state index is 0.122. The highest BCUT2D eigenvalue weighted by molar-refractivity contribution is 4.46. The number of rotatable bonds is 5. The lowest BCUT2D eigenvalue weighted by Gasteiger charge is -2.17. The van der Waals surface area contributed by atoms with Crippen LogP contribution in [0.15, 0.2) is 0 Å². The molecule has 0 aromatic rings. The van der Waals surface area contributed by atoms with Crippen molar-refractivity contribution in [2.45, 2.75) is 20.0 Å². The normalized spacial score (nSPS) is 14.1. The third-order valence-corrected chi connectivity index (χ3v) is 1.74. The average Bonchev–Trinajstić information content (AvgIpc) is 1.99. The second-order valence-corrected chi connectivity index (χ2v) is 2.50. The largest absolute Gasteiger partial charge is 0.393 e. The summed E-state index contributed by atoms with van der Waals surface area (Å²) in [5.74, 6) is 0. The van der Waals surface area contributed by atoms with Gasteiger partial charge in [0.25, 0.3) is 0 Å². The van der Waals surface area contributed by atoms with Crippen LogP contribution in [-0.4, -0.2) is 42.6 Å². The van der Waals surface area contributed by atoms with Gasteiger partial charge < -0.3 is 15.1 Å². The van der Waals surface area contributed by atoms with Gasteiger partial charge in [-0.2, -0.15) is 0 Å². The molecular weight excluding hydrogens is 130 g/mol. The van der Waals surface area contributed by atoms with Crippen molar-refractivity contribution < 1.29 is 15.1 Å². The molecule has 3 heteroatoms. The van der Waals surface area contributed by atoms with Crippen LogP contribution in [0.4, 0.5) is 0 Å². The number of quaternary nitrogens is 1. The zero-order valence-electron chi connectivity index (χ0n) is 6.80. The maximum Gasteiger partial charge on any atom is 0.126 e. The monoisotopic (exact) mass is 148 g/mol. The van der Waals surface area contributed by atoms with Crippen molar-refractivity contribution in [2.24, 2.45) is 0 Å². The van der Waals surface area contributed by atoms with Crippen LogP contribution in [0.5, 0.6) is 0 Å². The summed E-state index contributed by atoms with van der Waals surface area (Å²) in [4.78, 5) is 1.32. The van der Waals surface area contributed by atoms with Crippen LogP contribution in [-0.2, 0) is 0 Å². The second kappa shape index (κ2) is 5.65. The summed E-state index contributed by atoms with van der Waals surface area (Å²) in [6, 6.07) is 0. The van der Waals surface area contributed by atoms with E-state index in [0.717, 1.165) is 13.1 Å². The fraction of sp³-hybridized carbons (Fsp3) is 1.00. The first-order chi connectivity index (χ1) is 4.74. The molecule has 0 bridgehead atoms. The fourth-order valence-electron chi connectivity index (χ4n) is 0.936. The van der Waals surface area contributed by atoms with E-state index >= 15 is 0 Å². The first-order valence-corrected chi connectivity index (χ1v) is 3.87. The zero-order chi connectivity index (χ0) is 7.98. The van der Waals surface area contributed by atoms with E-state index < -0.39 is 6.10 Å². The van der Waals surface area contributed by atoms with Crippen molar-refractivity contribution in [1.82, 2.24) is 0 Å². The number of aliphatic hydroxyl groups excluding tert-OH is 2. The quantitative estimate of drug-likeness (QED) is 0.433. The third-order valence-electron chi connectivity index (χ3n) is 1.74. The molecule has 0 rings (SSSR count). The zero-order valence-corrected chi connectivity index (χ0v) is 6.80. The minimum atomic E-state index is -0.546. The van der Waals surface area contributed by atoms with Crippen LogP contribution in [0.1, 0.15) is 13.8 Å². The highest BCUT2D eigenvalue weighted by Gasteiger charge is 2.09. The standard InChI is InChI=1S/C7H17NO2/c1-3-8(4-2)5-7(10)6-9/h7,9-10H,3-6H2,1-2H3/p+1. The van der Waals surface area contributed by atoms with E-state index in [1.54, 1.807) is 0 Å². The van der Waals surface area contributed by atoms with E-state index in [4.69, 9.17) is 10.2 Å². The van der Waals surface area contributed by atoms with E-state index in [2.05, 4.69) is 13.8 Å². The molecule has 0 aromatic carbocycles. The molecule has 0 aromatic heterocycles. The first kappa shape index (κ1) is 9.88. The number of hydrogen-bond donors (Lipinski definition) is 3. The summed E-state index contributed by atoms with van der Waals surface area (Å²) in [6.07, 6.45) is -0.546. The minimum Gasteiger partial charge on any atom is -0.393 e. The maximum atomic E-state index is 9.02. The van der Waals surface area contributed by atoms with Crippen molar-refractivity contribution >= 4 is 0 Å². The number of aliphatic hydroxyl groups is 2. The molecule has 0 saturated heterocycles. The summed E-state index contributed by atoms with van der Waals surface area (Å²) < 4.78 is 0. The van der Waals surface area contributed by atoms with Crippen LogP contribution in [0.2, 0.25) is 0 Å². The number of hydrogen-bond acceptors (Lipinski definition) is 2. The topological polar surface area (TPSA) is 44.9 Å². The molecule has 0 fully saturated rings. The highest BCUT2D eigenvalue weighted by atomic mass is 16.3. The van der Waals surface area contributed by atoms with E-state index in [1.165, 1.54) is 4.90 Å². The number of nitrogens with one attached hydrogen (secondary N) is 1. The summed E-state index contributed by atoms with van der Waals surface area (Å²) in [7, 11) is 0. The Bertz CT molecular complexity index is 74.0. The van der Waals surface area contributed by atoms with E-state index in [9.17, 15) is 0 Å². The van der Waals surface area contributed by atoms with E-state index in [-0.39, 0.29) is 6.61 Å². The molecule has 0 aliphatic heterocycles. The molecule has 3 N–H and O–H groups in total. The molecule has 10 heavy (non-hydrogen) atoms. The molecule has 0 spiro atoms. The Labute approximate surface area is 62.3 Å². The van der Waals surface area contributed by atoms with Crippen molar-refractivity contribution in [3.63, 3.8) is 0 Å². The lowest BCUT2D eigenvalue weighted by atomic mass is 10.3. The van der Waals surface area contributed by atoms with Gasteiger partial charge in [-0.1, -0.05) is 0 Å². The van der Waals surface area contributed by atoms with Crippen LogP contribution in [0.3, 0.4) is 0 Å². The Kier molecular flexibility index (Phi) is 5.58. The van der Waals surface area contributed by atoms with Crippen LogP contribution in [0, 0.1) is 0 Å². The second-order valence-electron chi connectivity index (χ2n) is 2.50. The summed E-state index contributed by atoms with van der Waals surface area (Å²) in [6.45, 7) is 6.69. The van der Waals surface area contributed by atoms with Gasteiger partial charge in [-0.15, -0.1) is 0 Å². The molecule has 1 atom stereocenters. The van der Waals surface area contributed by atoms with Crippen molar-refractivity contribution in [3.8, 4) is 0 Å². The van der Waals surface area contributed by atoms with Crippen LogP contribution >= 0.6 is 0 Å². The predicted octanol–water partition coefficient (Wildman–Crippen LogP) is -1.74. The number of likely N-dealkylation sites (N-methyl/N-ethyl adjacent to an activating group) is 1. The Morgan fingerprint density at radius 3 is 2.10 bits per heavy atom. The lowest BCUT2D eigenvalue weighted by molar-refractivity contribution is -0.899. The van der Waals surface area contributed by atoms with E-state index in [0.29, 0.717) is 6.54 Å². The van der Waals surface area contributed by atoms with E-state index in [1.807, 2.05) is 0 Å². The first-order valence-electron chi connectivity index (χ1n) is 3.87. The SMILES string of the molecule is CC[NH+](CC)CC(O)CO. The third kappa shape index (κ3) is 3.82. The molecule has 0 aliphatic carbocycles. The van der Waals surface area contributed by atoms with Gasteiger partial charge in [0.2, 0.25) is 0 Å². The van der Waals surface area contributed by atoms with Gasteiger partial charge in [-0.25, -0.2) is 0 Å². The molecule has 0 aliphatic rings. The maximum absolute atomic E-state index is 9.02. The summed E-state index contributed by atoms with van der Waals surface area (Å²) >= 11 is 0. The van der Waals surface area contributed by atoms with Crippen LogP contribution < -0.4 is 4.90 Å². The van der Waals surface area contributed by atoms with Gasteiger partial charge in [-0.05, 0) is 13.8 Å². The van der Waals surface area contributed by atoms with Crippen LogP contribution in [0.25, 0.3) is 0 Å². The fourth-order valence-corrected chi connectivity index (χ4v) is 0.936. The van der Waals surface area contributed by atoms with Gasteiger partial charge in [0, 0.05) is 0 Å². The highest BCUT2D eigenvalue weighted by Crippen LogP contribution is 1.71. The Morgan fingerprint density at radius 2 is 1.80 bits per heavy atom. The van der Waals surface area contributed by atoms with Gasteiger partial charge in [0.05, 0.1) is 19.7 Å². The van der Waals surface area contributed by atoms with Gasteiger partial charge in [-0.3, -0.25) is 0 Å². The molecule has 62 valence electrons. The Balaban J connectivity index is 3.41. The molecule has 0 heterocycles. The molecule has 0 radical (unpaired) electrons.